The number of hydrogen-bond acceptors (Lipinski definition) is 4. The Kier molecular flexibility index (Phi) is 3.17. The number of hydrogen-bond donors (Lipinski definition) is 1. The van der Waals surface area contributed by atoms with E-state index in [1.165, 1.54) is 12.1 Å². The van der Waals surface area contributed by atoms with Crippen molar-refractivity contribution in [2.45, 2.75) is 26.2 Å². The quantitative estimate of drug-likeness (QED) is 0.907. The third-order valence-electron chi connectivity index (χ3n) is 2.82. The van der Waals surface area contributed by atoms with Crippen LogP contribution in [-0.2, 0) is 5.41 Å². The molecule has 0 saturated carbocycles. The van der Waals surface area contributed by atoms with Crippen LogP contribution in [-0.4, -0.2) is 16.7 Å². The first-order chi connectivity index (χ1) is 8.42. The Morgan fingerprint density at radius 1 is 1.33 bits per heavy atom. The van der Waals surface area contributed by atoms with Crippen molar-refractivity contribution in [3.8, 4) is 11.4 Å². The lowest BCUT2D eigenvalue weighted by atomic mass is 9.94. The van der Waals surface area contributed by atoms with Crippen LogP contribution in [0.15, 0.2) is 22.7 Å². The normalized spacial score (nSPS) is 11.8. The first-order valence-corrected chi connectivity index (χ1v) is 5.74. The largest absolute Gasteiger partial charge is 0.338 e. The van der Waals surface area contributed by atoms with E-state index in [4.69, 9.17) is 10.3 Å². The van der Waals surface area contributed by atoms with Crippen molar-refractivity contribution in [3.05, 3.63) is 35.5 Å². The Labute approximate surface area is 105 Å². The van der Waals surface area contributed by atoms with Crippen LogP contribution in [0.25, 0.3) is 11.4 Å². The van der Waals surface area contributed by atoms with Crippen LogP contribution in [0.1, 0.15) is 25.3 Å². The topological polar surface area (TPSA) is 64.9 Å². The summed E-state index contributed by atoms with van der Waals surface area (Å²) in [5.74, 6) is 0.533. The molecule has 0 bridgehead atoms. The first-order valence-electron chi connectivity index (χ1n) is 5.74. The zero-order valence-corrected chi connectivity index (χ0v) is 10.7. The second-order valence-electron chi connectivity index (χ2n) is 5.03. The highest BCUT2D eigenvalue weighted by Crippen LogP contribution is 2.24. The number of rotatable bonds is 3. The lowest BCUT2D eigenvalue weighted by Gasteiger charge is -2.15. The molecule has 2 rings (SSSR count). The summed E-state index contributed by atoms with van der Waals surface area (Å²) in [6, 6.07) is 4.65. The van der Waals surface area contributed by atoms with Crippen molar-refractivity contribution < 1.29 is 8.91 Å². The molecule has 1 heterocycles. The highest BCUT2D eigenvalue weighted by Gasteiger charge is 2.26. The Morgan fingerprint density at radius 3 is 2.67 bits per heavy atom. The van der Waals surface area contributed by atoms with Crippen LogP contribution >= 0.6 is 0 Å². The summed E-state index contributed by atoms with van der Waals surface area (Å²) < 4.78 is 18.5. The zero-order chi connectivity index (χ0) is 13.3. The van der Waals surface area contributed by atoms with Crippen LogP contribution < -0.4 is 5.73 Å². The van der Waals surface area contributed by atoms with Gasteiger partial charge in [-0.05, 0) is 44.5 Å². The van der Waals surface area contributed by atoms with Gasteiger partial charge in [0.2, 0.25) is 11.7 Å². The Morgan fingerprint density at radius 2 is 2.06 bits per heavy atom. The number of aromatic nitrogens is 2. The predicted molar refractivity (Wildman–Crippen MR) is 66.5 cm³/mol. The third kappa shape index (κ3) is 2.41. The van der Waals surface area contributed by atoms with Gasteiger partial charge in [-0.2, -0.15) is 4.98 Å². The number of nitrogens with two attached hydrogens (primary N) is 1. The average Bonchev–Trinajstić information content (AvgIpc) is 2.77. The molecule has 18 heavy (non-hydrogen) atoms. The van der Waals surface area contributed by atoms with Crippen molar-refractivity contribution in [1.29, 1.82) is 0 Å². The first kappa shape index (κ1) is 12.7. The molecule has 0 atom stereocenters. The molecule has 0 aliphatic heterocycles. The van der Waals surface area contributed by atoms with E-state index >= 15 is 0 Å². The van der Waals surface area contributed by atoms with Crippen molar-refractivity contribution in [1.82, 2.24) is 10.1 Å². The van der Waals surface area contributed by atoms with E-state index in [0.29, 0.717) is 23.8 Å². The van der Waals surface area contributed by atoms with Crippen LogP contribution in [0, 0.1) is 12.7 Å². The summed E-state index contributed by atoms with van der Waals surface area (Å²) in [4.78, 5) is 4.28. The van der Waals surface area contributed by atoms with Gasteiger partial charge in [0.15, 0.2) is 0 Å². The fourth-order valence-corrected chi connectivity index (χ4v) is 1.57. The molecule has 2 aromatic rings. The van der Waals surface area contributed by atoms with E-state index in [9.17, 15) is 4.39 Å². The second-order valence-corrected chi connectivity index (χ2v) is 5.03. The second kappa shape index (κ2) is 4.49. The van der Waals surface area contributed by atoms with Crippen molar-refractivity contribution >= 4 is 0 Å². The van der Waals surface area contributed by atoms with E-state index in [1.807, 2.05) is 26.8 Å². The summed E-state index contributed by atoms with van der Waals surface area (Å²) >= 11 is 0. The molecule has 0 unspecified atom stereocenters. The van der Waals surface area contributed by atoms with E-state index < -0.39 is 0 Å². The highest BCUT2D eigenvalue weighted by atomic mass is 19.1. The number of nitrogens with zero attached hydrogens (tertiary/aromatic N) is 2. The smallest absolute Gasteiger partial charge is 0.233 e. The Hall–Kier alpha value is -1.75. The molecule has 0 aliphatic rings. The van der Waals surface area contributed by atoms with Gasteiger partial charge in [0.05, 0.1) is 5.41 Å². The molecule has 0 amide bonds. The molecular formula is C13H16FN3O. The molecule has 0 radical (unpaired) electrons. The van der Waals surface area contributed by atoms with Crippen LogP contribution in [0.5, 0.6) is 0 Å². The van der Waals surface area contributed by atoms with E-state index in [-0.39, 0.29) is 11.2 Å². The molecule has 0 aliphatic carbocycles. The number of aryl methyl sites for hydroxylation is 1. The maximum Gasteiger partial charge on any atom is 0.233 e. The molecule has 0 spiro atoms. The minimum absolute atomic E-state index is 0.311. The molecule has 5 heteroatoms. The van der Waals surface area contributed by atoms with Gasteiger partial charge in [0, 0.05) is 12.1 Å². The van der Waals surface area contributed by atoms with E-state index in [2.05, 4.69) is 10.1 Å². The van der Waals surface area contributed by atoms with Crippen molar-refractivity contribution in [2.24, 2.45) is 5.73 Å². The van der Waals surface area contributed by atoms with Gasteiger partial charge in [-0.25, -0.2) is 4.39 Å². The van der Waals surface area contributed by atoms with Crippen LogP contribution in [0.3, 0.4) is 0 Å². The summed E-state index contributed by atoms with van der Waals surface area (Å²) in [5, 5.41) is 3.87. The minimum Gasteiger partial charge on any atom is -0.338 e. The average molecular weight is 249 g/mol. The molecule has 1 aromatic heterocycles. The molecule has 2 N–H and O–H groups in total. The van der Waals surface area contributed by atoms with Gasteiger partial charge in [0.1, 0.15) is 5.82 Å². The maximum atomic E-state index is 13.3. The molecule has 0 fully saturated rings. The van der Waals surface area contributed by atoms with Crippen molar-refractivity contribution in [3.63, 3.8) is 0 Å². The minimum atomic E-state index is -0.381. The monoisotopic (exact) mass is 249 g/mol. The maximum absolute atomic E-state index is 13.3. The molecular weight excluding hydrogens is 233 g/mol. The van der Waals surface area contributed by atoms with E-state index in [1.54, 1.807) is 0 Å². The summed E-state index contributed by atoms with van der Waals surface area (Å²) in [6.07, 6.45) is 0. The lowest BCUT2D eigenvalue weighted by molar-refractivity contribution is 0.311. The SMILES string of the molecule is Cc1cc(F)cc(-c2noc(C(C)(C)CN)n2)c1. The molecule has 0 saturated heterocycles. The van der Waals surface area contributed by atoms with Crippen LogP contribution in [0.4, 0.5) is 4.39 Å². The number of benzene rings is 1. The van der Waals surface area contributed by atoms with Crippen molar-refractivity contribution in [2.75, 3.05) is 6.54 Å². The highest BCUT2D eigenvalue weighted by molar-refractivity contribution is 5.55. The van der Waals surface area contributed by atoms with E-state index in [0.717, 1.165) is 5.56 Å². The third-order valence-corrected chi connectivity index (χ3v) is 2.82. The molecule has 1 aromatic carbocycles. The van der Waals surface area contributed by atoms with Gasteiger partial charge >= 0.3 is 0 Å². The van der Waals surface area contributed by atoms with Gasteiger partial charge in [-0.1, -0.05) is 5.16 Å². The Balaban J connectivity index is 2.41. The standard InChI is InChI=1S/C13H16FN3O/c1-8-4-9(6-10(14)5-8)11-16-12(18-17-11)13(2,3)7-15/h4-6H,7,15H2,1-3H3. The Bertz CT molecular complexity index is 543. The fraction of sp³-hybridized carbons (Fsp3) is 0.385. The predicted octanol–water partition coefficient (Wildman–Crippen LogP) is 2.42. The molecule has 4 nitrogen and oxygen atoms in total. The van der Waals surface area contributed by atoms with Crippen LogP contribution in [0.2, 0.25) is 0 Å². The van der Waals surface area contributed by atoms with Gasteiger partial charge < -0.3 is 10.3 Å². The van der Waals surface area contributed by atoms with Gasteiger partial charge in [0.25, 0.3) is 0 Å². The molecule has 96 valence electrons. The summed E-state index contributed by atoms with van der Waals surface area (Å²) in [6.45, 7) is 6.05. The van der Waals surface area contributed by atoms with Gasteiger partial charge in [-0.15, -0.1) is 0 Å². The summed E-state index contributed by atoms with van der Waals surface area (Å²) in [7, 11) is 0. The lowest BCUT2D eigenvalue weighted by Crippen LogP contribution is -2.28. The number of halogens is 1. The zero-order valence-electron chi connectivity index (χ0n) is 10.7. The van der Waals surface area contributed by atoms with Gasteiger partial charge in [-0.3, -0.25) is 0 Å². The fourth-order valence-electron chi connectivity index (χ4n) is 1.57. The summed E-state index contributed by atoms with van der Waals surface area (Å²) in [5.41, 5.74) is 6.69.